The Morgan fingerprint density at radius 2 is 1.75 bits per heavy atom. The monoisotopic (exact) mass is 272 g/mol. The van der Waals surface area contributed by atoms with Crippen LogP contribution in [0.1, 0.15) is 18.1 Å². The van der Waals surface area contributed by atoms with E-state index in [4.69, 9.17) is 4.74 Å². The fourth-order valence-electron chi connectivity index (χ4n) is 2.14. The largest absolute Gasteiger partial charge is 0.508 e. The van der Waals surface area contributed by atoms with Crippen LogP contribution in [0.3, 0.4) is 0 Å². The summed E-state index contributed by atoms with van der Waals surface area (Å²) < 4.78 is 5.15. The third-order valence-corrected chi connectivity index (χ3v) is 3.52. The molecule has 4 heteroatoms. The van der Waals surface area contributed by atoms with E-state index in [0.717, 1.165) is 0 Å². The Bertz CT molecular complexity index is 619. The van der Waals surface area contributed by atoms with Crippen LogP contribution in [-0.2, 0) is 10.2 Å². The Kier molecular flexibility index (Phi) is 3.66. The molecule has 0 amide bonds. The molecule has 0 bridgehead atoms. The van der Waals surface area contributed by atoms with Gasteiger partial charge in [-0.15, -0.1) is 0 Å². The van der Waals surface area contributed by atoms with Gasteiger partial charge < -0.3 is 14.9 Å². The molecule has 4 nitrogen and oxygen atoms in total. The Morgan fingerprint density at radius 3 is 2.30 bits per heavy atom. The van der Waals surface area contributed by atoms with Crippen molar-refractivity contribution in [3.63, 3.8) is 0 Å². The van der Waals surface area contributed by atoms with E-state index in [1.54, 1.807) is 43.3 Å². The smallest absolute Gasteiger partial charge is 0.318 e. The summed E-state index contributed by atoms with van der Waals surface area (Å²) in [5.74, 6) is -0.252. The summed E-state index contributed by atoms with van der Waals surface area (Å²) in [6, 6.07) is 13.2. The highest BCUT2D eigenvalue weighted by atomic mass is 16.5. The minimum atomic E-state index is -1.21. The summed E-state index contributed by atoms with van der Waals surface area (Å²) in [7, 11) is 1.54. The molecule has 0 fully saturated rings. The van der Waals surface area contributed by atoms with Gasteiger partial charge in [0.05, 0.1) is 7.11 Å². The molecule has 0 saturated carbocycles. The van der Waals surface area contributed by atoms with E-state index in [0.29, 0.717) is 16.9 Å². The third-order valence-electron chi connectivity index (χ3n) is 3.52. The van der Waals surface area contributed by atoms with E-state index >= 15 is 0 Å². The molecular formula is C16H16O4. The topological polar surface area (TPSA) is 66.8 Å². The first-order valence-electron chi connectivity index (χ1n) is 6.16. The summed E-state index contributed by atoms with van der Waals surface area (Å²) >= 11 is 0. The number of carbonyl (C=O) groups is 1. The highest BCUT2D eigenvalue weighted by Gasteiger charge is 2.37. The van der Waals surface area contributed by atoms with Gasteiger partial charge in [-0.05, 0) is 42.3 Å². The second kappa shape index (κ2) is 5.25. The van der Waals surface area contributed by atoms with Crippen LogP contribution in [0.15, 0.2) is 48.5 Å². The van der Waals surface area contributed by atoms with Gasteiger partial charge in [-0.25, -0.2) is 0 Å². The fourth-order valence-corrected chi connectivity index (χ4v) is 2.14. The predicted octanol–water partition coefficient (Wildman–Crippen LogP) is 2.79. The van der Waals surface area contributed by atoms with Crippen molar-refractivity contribution in [2.24, 2.45) is 0 Å². The van der Waals surface area contributed by atoms with Crippen LogP contribution in [0.25, 0.3) is 0 Å². The normalized spacial score (nSPS) is 13.5. The minimum absolute atomic E-state index is 0.104. The number of benzene rings is 2. The van der Waals surface area contributed by atoms with Crippen molar-refractivity contribution in [3.8, 4) is 11.5 Å². The molecule has 1 unspecified atom stereocenters. The van der Waals surface area contributed by atoms with Crippen LogP contribution in [0.5, 0.6) is 11.5 Å². The molecule has 0 saturated heterocycles. The Morgan fingerprint density at radius 1 is 1.10 bits per heavy atom. The summed E-state index contributed by atoms with van der Waals surface area (Å²) in [4.78, 5) is 11.8. The molecule has 0 aliphatic rings. The van der Waals surface area contributed by atoms with Crippen molar-refractivity contribution in [1.82, 2.24) is 0 Å². The molecule has 2 aromatic carbocycles. The quantitative estimate of drug-likeness (QED) is 0.898. The molecule has 20 heavy (non-hydrogen) atoms. The molecule has 104 valence electrons. The van der Waals surface area contributed by atoms with Crippen LogP contribution < -0.4 is 4.74 Å². The van der Waals surface area contributed by atoms with Crippen LogP contribution in [-0.4, -0.2) is 23.3 Å². The lowest BCUT2D eigenvalue weighted by Crippen LogP contribution is -2.33. The van der Waals surface area contributed by atoms with Gasteiger partial charge in [-0.1, -0.05) is 24.3 Å². The molecule has 1 atom stereocenters. The first-order chi connectivity index (χ1) is 9.48. The molecule has 0 aliphatic carbocycles. The number of methoxy groups -OCH3 is 1. The zero-order valence-corrected chi connectivity index (χ0v) is 11.3. The molecule has 0 radical (unpaired) electrons. The number of aromatic hydroxyl groups is 1. The molecule has 0 aromatic heterocycles. The van der Waals surface area contributed by atoms with Crippen molar-refractivity contribution < 1.29 is 19.7 Å². The lowest BCUT2D eigenvalue weighted by Gasteiger charge is -2.26. The number of aliphatic carboxylic acids is 1. The maximum Gasteiger partial charge on any atom is 0.318 e. The van der Waals surface area contributed by atoms with Crippen molar-refractivity contribution >= 4 is 5.97 Å². The van der Waals surface area contributed by atoms with E-state index in [-0.39, 0.29) is 5.75 Å². The van der Waals surface area contributed by atoms with Gasteiger partial charge in [0.2, 0.25) is 0 Å². The maximum atomic E-state index is 11.8. The Balaban J connectivity index is 2.59. The van der Waals surface area contributed by atoms with Gasteiger partial charge in [0.1, 0.15) is 16.9 Å². The molecule has 2 N–H and O–H groups in total. The van der Waals surface area contributed by atoms with Gasteiger partial charge in [0, 0.05) is 0 Å². The summed E-state index contributed by atoms with van der Waals surface area (Å²) in [5.41, 5.74) is 0.00786. The SMILES string of the molecule is COc1cccc(C(C)(C(=O)O)c2ccc(O)cc2)c1. The highest BCUT2D eigenvalue weighted by molar-refractivity contribution is 5.85. The minimum Gasteiger partial charge on any atom is -0.508 e. The zero-order valence-electron chi connectivity index (χ0n) is 11.3. The number of hydrogen-bond donors (Lipinski definition) is 2. The standard InChI is InChI=1S/C16H16O4/c1-16(15(18)19,11-6-8-13(17)9-7-11)12-4-3-5-14(10-12)20-2/h3-10,17H,1-2H3,(H,18,19). The lowest BCUT2D eigenvalue weighted by molar-refractivity contribution is -0.141. The number of phenolic OH excluding ortho intramolecular Hbond substituents is 1. The van der Waals surface area contributed by atoms with Gasteiger partial charge in [-0.3, -0.25) is 4.79 Å². The zero-order chi connectivity index (χ0) is 14.8. The van der Waals surface area contributed by atoms with E-state index < -0.39 is 11.4 Å². The number of rotatable bonds is 4. The number of carboxylic acids is 1. The third kappa shape index (κ3) is 2.32. The molecule has 2 aromatic rings. The first-order valence-corrected chi connectivity index (χ1v) is 6.16. The van der Waals surface area contributed by atoms with Gasteiger partial charge in [0.15, 0.2) is 0 Å². The number of hydrogen-bond acceptors (Lipinski definition) is 3. The lowest BCUT2D eigenvalue weighted by atomic mass is 9.76. The molecule has 0 heterocycles. The maximum absolute atomic E-state index is 11.8. The fraction of sp³-hybridized carbons (Fsp3) is 0.188. The Hall–Kier alpha value is -2.49. The number of phenols is 1. The predicted molar refractivity (Wildman–Crippen MR) is 75.2 cm³/mol. The van der Waals surface area contributed by atoms with E-state index in [2.05, 4.69) is 0 Å². The average Bonchev–Trinajstić information content (AvgIpc) is 2.47. The molecule has 2 rings (SSSR count). The highest BCUT2D eigenvalue weighted by Crippen LogP contribution is 2.34. The summed E-state index contributed by atoms with van der Waals surface area (Å²) in [6.07, 6.45) is 0. The second-order valence-corrected chi connectivity index (χ2v) is 4.71. The van der Waals surface area contributed by atoms with E-state index in [1.165, 1.54) is 19.2 Å². The van der Waals surface area contributed by atoms with Crippen LogP contribution in [0.2, 0.25) is 0 Å². The number of carboxylic acid groups (broad SMARTS) is 1. The molecule has 0 spiro atoms. The molecular weight excluding hydrogens is 256 g/mol. The van der Waals surface area contributed by atoms with Crippen molar-refractivity contribution in [1.29, 1.82) is 0 Å². The van der Waals surface area contributed by atoms with Crippen molar-refractivity contribution in [2.75, 3.05) is 7.11 Å². The molecule has 0 aliphatic heterocycles. The average molecular weight is 272 g/mol. The number of ether oxygens (including phenoxy) is 1. The second-order valence-electron chi connectivity index (χ2n) is 4.71. The van der Waals surface area contributed by atoms with Crippen molar-refractivity contribution in [2.45, 2.75) is 12.3 Å². The van der Waals surface area contributed by atoms with Crippen LogP contribution >= 0.6 is 0 Å². The van der Waals surface area contributed by atoms with E-state index in [1.807, 2.05) is 0 Å². The van der Waals surface area contributed by atoms with Gasteiger partial charge in [-0.2, -0.15) is 0 Å². The summed E-state index contributed by atoms with van der Waals surface area (Å²) in [6.45, 7) is 1.64. The van der Waals surface area contributed by atoms with Crippen LogP contribution in [0.4, 0.5) is 0 Å². The van der Waals surface area contributed by atoms with Crippen molar-refractivity contribution in [3.05, 3.63) is 59.7 Å². The van der Waals surface area contributed by atoms with E-state index in [9.17, 15) is 15.0 Å². The first kappa shape index (κ1) is 13.9. The Labute approximate surface area is 117 Å². The van der Waals surface area contributed by atoms with Gasteiger partial charge in [0.25, 0.3) is 0 Å². The van der Waals surface area contributed by atoms with Gasteiger partial charge >= 0.3 is 5.97 Å². The summed E-state index contributed by atoms with van der Waals surface area (Å²) in [5, 5.41) is 19.0. The van der Waals surface area contributed by atoms with Crippen LogP contribution in [0, 0.1) is 0 Å².